The fourth-order valence-electron chi connectivity index (χ4n) is 0. The molecule has 0 aromatic rings. The molecule has 30 radical (unpaired) electrons. The third-order valence-corrected chi connectivity index (χ3v) is 0. The average molecular weight is 228 g/mol. The first-order valence-corrected chi connectivity index (χ1v) is 3.41. The summed E-state index contributed by atoms with van der Waals surface area (Å²) in [5.41, 5.74) is 0. The van der Waals surface area contributed by atoms with Gasteiger partial charge in [0, 0.05) is 84.1 Å². The molecule has 0 aromatic heterocycles. The van der Waals surface area contributed by atoms with Crippen LogP contribution in [0.3, 0.4) is 0 Å². The lowest BCUT2D eigenvalue weighted by Gasteiger charge is -1.48. The molecule has 0 heterocycles. The molecule has 0 unspecified atom stereocenters. The average Bonchev–Trinajstić information content (AvgIpc) is 1.78. The molecule has 0 aliphatic heterocycles. The van der Waals surface area contributed by atoms with Gasteiger partial charge in [0.05, 0.1) is 0 Å². The second-order valence-corrected chi connectivity index (χ2v) is 0.707. The van der Waals surface area contributed by atoms with E-state index < -0.39 is 0 Å². The first-order valence-electron chi connectivity index (χ1n) is 3.41. The van der Waals surface area contributed by atoms with Gasteiger partial charge >= 0.3 is 0 Å². The zero-order chi connectivity index (χ0) is 6.71. The van der Waals surface area contributed by atoms with E-state index in [0.29, 0.717) is 0 Å². The van der Waals surface area contributed by atoms with Gasteiger partial charge in [0.15, 0.2) is 0 Å². The highest BCUT2D eigenvalue weighted by Gasteiger charge is 1.35. The molecule has 0 nitrogen and oxygen atoms in total. The summed E-state index contributed by atoms with van der Waals surface area (Å²) in [5, 5.41) is 0. The van der Waals surface area contributed by atoms with E-state index in [9.17, 15) is 0 Å². The van der Waals surface area contributed by atoms with Gasteiger partial charge in [-0.05, 0) is 0 Å². The van der Waals surface area contributed by atoms with Crippen LogP contribution in [-0.4, -0.2) is 84.1 Å². The summed E-state index contributed by atoms with van der Waals surface area (Å²) in [4.78, 5) is 0. The normalized spacial score (nSPS) is 1.67. The van der Waals surface area contributed by atoms with Crippen LogP contribution in [-0.2, 0) is 0 Å². The van der Waals surface area contributed by atoms with Crippen molar-refractivity contribution in [3.63, 3.8) is 0 Å². The molecule has 10 heteroatoms. The lowest BCUT2D eigenvalue weighted by atomic mass is 10.6. The van der Waals surface area contributed by atoms with Gasteiger partial charge in [-0.25, -0.2) is 0 Å². The van der Waals surface area contributed by atoms with Gasteiger partial charge in [0.1, 0.15) is 0 Å². The topological polar surface area (TPSA) is 0 Å². The molecule has 0 N–H and O–H groups in total. The van der Waals surface area contributed by atoms with E-state index in [1.807, 2.05) is 27.7 Å². The molecule has 0 saturated carbocycles. The predicted molar refractivity (Wildman–Crippen MR) is 103 cm³/mol. The van der Waals surface area contributed by atoms with Crippen LogP contribution in [0.15, 0.2) is 0 Å². The zero-order valence-electron chi connectivity index (χ0n) is 12.5. The van der Waals surface area contributed by atoms with Gasteiger partial charge in [0.2, 0.25) is 0 Å². The molecule has 0 aliphatic rings. The Labute approximate surface area is 140 Å². The zero-order valence-corrected chi connectivity index (χ0v) is 12.5. The Kier molecular flexibility index (Phi) is 26900. The Morgan fingerprint density at radius 2 is 0.389 bits per heavy atom. The van der Waals surface area contributed by atoms with Gasteiger partial charge in [-0.3, -0.25) is 0 Å². The van der Waals surface area contributed by atoms with E-state index >= 15 is 0 Å². The van der Waals surface area contributed by atoms with Crippen LogP contribution in [0.2, 0.25) is 0 Å². The van der Waals surface area contributed by atoms with Crippen molar-refractivity contribution in [2.45, 2.75) is 55.4 Å². The van der Waals surface area contributed by atoms with Crippen LogP contribution in [0.25, 0.3) is 0 Å². The van der Waals surface area contributed by atoms with Crippen LogP contribution < -0.4 is 0 Å². The van der Waals surface area contributed by atoms with Crippen molar-refractivity contribution in [3.05, 3.63) is 0 Å². The third kappa shape index (κ3) is 9670. The van der Waals surface area contributed by atoms with E-state index in [1.54, 1.807) is 0 Å². The number of hydrogen-bond acceptors (Lipinski definition) is 0. The van der Waals surface area contributed by atoms with Gasteiger partial charge in [-0.1, -0.05) is 55.4 Å². The maximum absolute atomic E-state index is 2.12. The van der Waals surface area contributed by atoms with Crippen LogP contribution >= 0.6 is 0 Å². The van der Waals surface area contributed by atoms with Gasteiger partial charge < -0.3 is 0 Å². The minimum atomic E-state index is 0. The molecule has 0 spiro atoms. The smallest absolute Gasteiger partial charge is 0 e. The molecule has 0 amide bonds. The summed E-state index contributed by atoms with van der Waals surface area (Å²) >= 11 is 0. The quantitative estimate of drug-likeness (QED) is 0.523. The molecular formula is C8H24B10. The summed E-state index contributed by atoms with van der Waals surface area (Å²) in [6, 6.07) is 0. The van der Waals surface area contributed by atoms with Crippen molar-refractivity contribution in [3.8, 4) is 0 Å². The van der Waals surface area contributed by atoms with Crippen molar-refractivity contribution in [2.24, 2.45) is 0 Å². The van der Waals surface area contributed by atoms with Crippen LogP contribution in [0.4, 0.5) is 0 Å². The summed E-state index contributed by atoms with van der Waals surface area (Å²) in [7, 11) is 0. The summed E-state index contributed by atoms with van der Waals surface area (Å²) in [5.74, 6) is 0. The van der Waals surface area contributed by atoms with E-state index in [2.05, 4.69) is 13.8 Å². The maximum Gasteiger partial charge on any atom is 0 e. The van der Waals surface area contributed by atoms with Crippen molar-refractivity contribution in [2.75, 3.05) is 0 Å². The van der Waals surface area contributed by atoms with Crippen molar-refractivity contribution in [1.82, 2.24) is 0 Å². The fraction of sp³-hybridized carbons (Fsp3) is 1.00. The monoisotopic (exact) mass is 230 g/mol. The highest BCUT2D eigenvalue weighted by Crippen LogP contribution is 1.56. The molecule has 0 aromatic carbocycles. The largest absolute Gasteiger partial charge is 0.0776 e. The summed E-state index contributed by atoms with van der Waals surface area (Å²) < 4.78 is 0. The van der Waals surface area contributed by atoms with Gasteiger partial charge in [-0.15, -0.1) is 0 Å². The standard InChI is InChI=1S/C3H8.2C2H6.CH4.10B/c1-3-2;2*1-2;;;;;;;;;;;/h3H2,1-2H3;2*1-2H3;1H4;;;;;;;;;;. The third-order valence-electron chi connectivity index (χ3n) is 0. The van der Waals surface area contributed by atoms with Crippen LogP contribution in [0.1, 0.15) is 55.4 Å². The molecule has 0 saturated heterocycles. The molecule has 0 fully saturated rings. The summed E-state index contributed by atoms with van der Waals surface area (Å²) in [6.45, 7) is 12.2. The molecule has 0 atom stereocenters. The Bertz CT molecular complexity index is 17.8. The maximum atomic E-state index is 2.12. The molecule has 0 rings (SSSR count). The van der Waals surface area contributed by atoms with E-state index in [1.165, 1.54) is 6.42 Å². The second kappa shape index (κ2) is 1800. The van der Waals surface area contributed by atoms with Crippen molar-refractivity contribution < 1.29 is 0 Å². The Hall–Kier alpha value is 0.649. The van der Waals surface area contributed by atoms with E-state index in [4.69, 9.17) is 0 Å². The lowest BCUT2D eigenvalue weighted by molar-refractivity contribution is 1.09. The predicted octanol–water partition coefficient (Wildman–Crippen LogP) is 0.297. The van der Waals surface area contributed by atoms with E-state index in [-0.39, 0.29) is 91.6 Å². The van der Waals surface area contributed by atoms with Crippen molar-refractivity contribution >= 4 is 84.1 Å². The lowest BCUT2D eigenvalue weighted by Crippen LogP contribution is -1.27. The Balaban J connectivity index is -0.000000000861. The van der Waals surface area contributed by atoms with Crippen LogP contribution in [0.5, 0.6) is 0 Å². The van der Waals surface area contributed by atoms with Gasteiger partial charge in [0.25, 0.3) is 0 Å². The van der Waals surface area contributed by atoms with Gasteiger partial charge in [-0.2, -0.15) is 0 Å². The minimum Gasteiger partial charge on any atom is -0.0776 e. The number of hydrogen-bond donors (Lipinski definition) is 0. The first-order chi connectivity index (χ1) is 3.41. The first kappa shape index (κ1) is 269. The fourth-order valence-corrected chi connectivity index (χ4v) is 0. The SMILES string of the molecule is C.CC.CC.CCC.[B].[B].[B].[B].[B].[B].[B].[B].[B].[B]. The van der Waals surface area contributed by atoms with Crippen molar-refractivity contribution in [1.29, 1.82) is 0 Å². The van der Waals surface area contributed by atoms with E-state index in [0.717, 1.165) is 0 Å². The number of rotatable bonds is 0. The Morgan fingerprint density at radius 1 is 0.389 bits per heavy atom. The second-order valence-electron chi connectivity index (χ2n) is 0.707. The Morgan fingerprint density at radius 3 is 0.389 bits per heavy atom. The van der Waals surface area contributed by atoms with Crippen LogP contribution in [0, 0.1) is 0 Å². The molecule has 0 aliphatic carbocycles. The summed E-state index contributed by atoms with van der Waals surface area (Å²) in [6.07, 6.45) is 1.25. The molecular weight excluding hydrogens is 204 g/mol. The molecule has 86 valence electrons. The molecule has 0 bridgehead atoms. The highest BCUT2D eigenvalue weighted by molar-refractivity contribution is 5.76. The molecule has 18 heavy (non-hydrogen) atoms. The minimum absolute atomic E-state index is 0. The highest BCUT2D eigenvalue weighted by atomic mass is 13.4.